The zero-order valence-corrected chi connectivity index (χ0v) is 17.4. The van der Waals surface area contributed by atoms with E-state index in [-0.39, 0.29) is 5.91 Å². The van der Waals surface area contributed by atoms with Crippen molar-refractivity contribution < 1.29 is 9.21 Å². The maximum atomic E-state index is 12.3. The van der Waals surface area contributed by atoms with E-state index in [2.05, 4.69) is 51.3 Å². The van der Waals surface area contributed by atoms with Gasteiger partial charge in [-0.2, -0.15) is 0 Å². The summed E-state index contributed by atoms with van der Waals surface area (Å²) < 4.78 is 5.55. The molecule has 30 heavy (non-hydrogen) atoms. The van der Waals surface area contributed by atoms with Crippen LogP contribution in [0.1, 0.15) is 33.1 Å². The number of nitrogens with zero attached hydrogens (tertiary/aromatic N) is 3. The van der Waals surface area contributed by atoms with Crippen LogP contribution >= 0.6 is 0 Å². The topological polar surface area (TPSA) is 61.6 Å². The third-order valence-electron chi connectivity index (χ3n) is 5.43. The molecule has 0 bridgehead atoms. The van der Waals surface area contributed by atoms with E-state index < -0.39 is 0 Å². The molecule has 0 spiro atoms. The minimum Gasteiger partial charge on any atom is -0.447 e. The molecule has 1 fully saturated rings. The SMILES string of the molecule is Cc1ccc(CN2CCN(Cc3nc(C(=O)NCc4ccccc4)co3)CC2)cc1. The van der Waals surface area contributed by atoms with Crippen molar-refractivity contribution in [2.24, 2.45) is 0 Å². The zero-order valence-electron chi connectivity index (χ0n) is 17.4. The van der Waals surface area contributed by atoms with Gasteiger partial charge in [0.05, 0.1) is 6.54 Å². The molecule has 2 aromatic carbocycles. The molecule has 0 aliphatic carbocycles. The van der Waals surface area contributed by atoms with Crippen LogP contribution in [0.5, 0.6) is 0 Å². The summed E-state index contributed by atoms with van der Waals surface area (Å²) in [6.45, 7) is 8.16. The highest BCUT2D eigenvalue weighted by atomic mass is 16.3. The molecular formula is C24H28N4O2. The molecule has 1 aliphatic heterocycles. The number of amides is 1. The number of rotatable bonds is 7. The summed E-state index contributed by atoms with van der Waals surface area (Å²) in [5, 5.41) is 2.88. The van der Waals surface area contributed by atoms with Gasteiger partial charge in [-0.25, -0.2) is 4.98 Å². The van der Waals surface area contributed by atoms with Gasteiger partial charge in [0.25, 0.3) is 5.91 Å². The predicted octanol–water partition coefficient (Wildman–Crippen LogP) is 3.23. The van der Waals surface area contributed by atoms with Gasteiger partial charge in [-0.05, 0) is 18.1 Å². The first-order valence-corrected chi connectivity index (χ1v) is 10.4. The molecule has 156 valence electrons. The number of hydrogen-bond acceptors (Lipinski definition) is 5. The predicted molar refractivity (Wildman–Crippen MR) is 116 cm³/mol. The second-order valence-electron chi connectivity index (χ2n) is 7.83. The lowest BCUT2D eigenvalue weighted by Crippen LogP contribution is -2.45. The van der Waals surface area contributed by atoms with Crippen LogP contribution in [0.25, 0.3) is 0 Å². The maximum absolute atomic E-state index is 12.3. The average Bonchev–Trinajstić information content (AvgIpc) is 3.24. The highest BCUT2D eigenvalue weighted by Gasteiger charge is 2.20. The summed E-state index contributed by atoms with van der Waals surface area (Å²) in [4.78, 5) is 21.5. The number of carbonyl (C=O) groups excluding carboxylic acids is 1. The van der Waals surface area contributed by atoms with Crippen molar-refractivity contribution in [3.8, 4) is 0 Å². The summed E-state index contributed by atoms with van der Waals surface area (Å²) >= 11 is 0. The van der Waals surface area contributed by atoms with E-state index in [0.717, 1.165) is 38.3 Å². The van der Waals surface area contributed by atoms with E-state index >= 15 is 0 Å². The maximum Gasteiger partial charge on any atom is 0.273 e. The van der Waals surface area contributed by atoms with Gasteiger partial charge in [0, 0.05) is 39.3 Å². The Bertz CT molecular complexity index is 945. The molecule has 0 unspecified atom stereocenters. The Morgan fingerprint density at radius 2 is 1.60 bits per heavy atom. The molecule has 2 heterocycles. The second kappa shape index (κ2) is 9.69. The van der Waals surface area contributed by atoms with E-state index in [0.29, 0.717) is 24.7 Å². The van der Waals surface area contributed by atoms with Crippen molar-refractivity contribution in [2.75, 3.05) is 26.2 Å². The molecule has 6 nitrogen and oxygen atoms in total. The molecule has 0 radical (unpaired) electrons. The second-order valence-corrected chi connectivity index (χ2v) is 7.83. The van der Waals surface area contributed by atoms with Crippen LogP contribution in [0.2, 0.25) is 0 Å². The number of benzene rings is 2. The van der Waals surface area contributed by atoms with Crippen molar-refractivity contribution in [3.63, 3.8) is 0 Å². The zero-order chi connectivity index (χ0) is 20.8. The standard InChI is InChI=1S/C24H28N4O2/c1-19-7-9-21(10-8-19)16-27-11-13-28(14-12-27)17-23-26-22(18-30-23)24(29)25-15-20-5-3-2-4-6-20/h2-10,18H,11-17H2,1H3,(H,25,29). The first-order valence-electron chi connectivity index (χ1n) is 10.4. The molecule has 1 saturated heterocycles. The summed E-state index contributed by atoms with van der Waals surface area (Å²) in [5.74, 6) is 0.378. The van der Waals surface area contributed by atoms with Gasteiger partial charge in [0.15, 0.2) is 5.69 Å². The number of piperazine rings is 1. The molecule has 1 N–H and O–H groups in total. The lowest BCUT2D eigenvalue weighted by molar-refractivity contribution is 0.0945. The summed E-state index contributed by atoms with van der Waals surface area (Å²) in [6.07, 6.45) is 1.45. The third-order valence-corrected chi connectivity index (χ3v) is 5.43. The molecular weight excluding hydrogens is 376 g/mol. The monoisotopic (exact) mass is 404 g/mol. The van der Waals surface area contributed by atoms with Crippen molar-refractivity contribution in [1.82, 2.24) is 20.1 Å². The van der Waals surface area contributed by atoms with Crippen LogP contribution in [0.4, 0.5) is 0 Å². The van der Waals surface area contributed by atoms with Crippen molar-refractivity contribution in [3.05, 3.63) is 89.1 Å². The molecule has 3 aromatic rings. The largest absolute Gasteiger partial charge is 0.447 e. The third kappa shape index (κ3) is 5.55. The lowest BCUT2D eigenvalue weighted by Gasteiger charge is -2.34. The van der Waals surface area contributed by atoms with E-state index in [4.69, 9.17) is 4.42 Å². The van der Waals surface area contributed by atoms with E-state index in [1.807, 2.05) is 30.3 Å². The minimum atomic E-state index is -0.211. The molecule has 4 rings (SSSR count). The normalized spacial score (nSPS) is 15.2. The number of oxazole rings is 1. The highest BCUT2D eigenvalue weighted by molar-refractivity contribution is 5.91. The van der Waals surface area contributed by atoms with Gasteiger partial charge in [0.1, 0.15) is 6.26 Å². The summed E-state index contributed by atoms with van der Waals surface area (Å²) in [7, 11) is 0. The van der Waals surface area contributed by atoms with Gasteiger partial charge in [-0.1, -0.05) is 60.2 Å². The van der Waals surface area contributed by atoms with Gasteiger partial charge in [0.2, 0.25) is 5.89 Å². The van der Waals surface area contributed by atoms with Crippen LogP contribution in [0.15, 0.2) is 65.3 Å². The quantitative estimate of drug-likeness (QED) is 0.655. The summed E-state index contributed by atoms with van der Waals surface area (Å²) in [5.41, 5.74) is 4.03. The fourth-order valence-corrected chi connectivity index (χ4v) is 3.61. The van der Waals surface area contributed by atoms with E-state index in [1.165, 1.54) is 17.4 Å². The Morgan fingerprint density at radius 3 is 2.30 bits per heavy atom. The Balaban J connectivity index is 1.22. The van der Waals surface area contributed by atoms with Crippen molar-refractivity contribution in [1.29, 1.82) is 0 Å². The fourth-order valence-electron chi connectivity index (χ4n) is 3.61. The number of nitrogens with one attached hydrogen (secondary N) is 1. The molecule has 0 saturated carbocycles. The minimum absolute atomic E-state index is 0.211. The van der Waals surface area contributed by atoms with Gasteiger partial charge in [-0.15, -0.1) is 0 Å². The molecule has 6 heteroatoms. The number of hydrogen-bond donors (Lipinski definition) is 1. The summed E-state index contributed by atoms with van der Waals surface area (Å²) in [6, 6.07) is 18.6. The number of aromatic nitrogens is 1. The van der Waals surface area contributed by atoms with Crippen LogP contribution in [-0.4, -0.2) is 46.9 Å². The van der Waals surface area contributed by atoms with Crippen LogP contribution in [0, 0.1) is 6.92 Å². The Kier molecular flexibility index (Phi) is 6.57. The first kappa shape index (κ1) is 20.3. The van der Waals surface area contributed by atoms with Gasteiger partial charge >= 0.3 is 0 Å². The van der Waals surface area contributed by atoms with E-state index in [9.17, 15) is 4.79 Å². The van der Waals surface area contributed by atoms with Crippen LogP contribution in [0.3, 0.4) is 0 Å². The lowest BCUT2D eigenvalue weighted by atomic mass is 10.1. The van der Waals surface area contributed by atoms with Crippen molar-refractivity contribution >= 4 is 5.91 Å². The Morgan fingerprint density at radius 1 is 0.933 bits per heavy atom. The first-order chi connectivity index (χ1) is 14.7. The number of carbonyl (C=O) groups is 1. The molecule has 0 atom stereocenters. The Hall–Kier alpha value is -2.96. The average molecular weight is 405 g/mol. The Labute approximate surface area is 177 Å². The van der Waals surface area contributed by atoms with E-state index in [1.54, 1.807) is 0 Å². The number of aryl methyl sites for hydroxylation is 1. The van der Waals surface area contributed by atoms with Crippen LogP contribution in [-0.2, 0) is 19.6 Å². The molecule has 1 aliphatic rings. The molecule has 1 amide bonds. The smallest absolute Gasteiger partial charge is 0.273 e. The fraction of sp³-hybridized carbons (Fsp3) is 0.333. The highest BCUT2D eigenvalue weighted by Crippen LogP contribution is 2.12. The molecule has 1 aromatic heterocycles. The van der Waals surface area contributed by atoms with Crippen LogP contribution < -0.4 is 5.32 Å². The van der Waals surface area contributed by atoms with Gasteiger partial charge < -0.3 is 9.73 Å². The van der Waals surface area contributed by atoms with Crippen molar-refractivity contribution in [2.45, 2.75) is 26.6 Å². The van der Waals surface area contributed by atoms with Gasteiger partial charge in [-0.3, -0.25) is 14.6 Å².